The van der Waals surface area contributed by atoms with Gasteiger partial charge >= 0.3 is 0 Å². The molecule has 2 N–H and O–H groups in total. The fourth-order valence-corrected chi connectivity index (χ4v) is 4.76. The number of pyridine rings is 2. The molecule has 2 aliphatic heterocycles. The Hall–Kier alpha value is -3.43. The number of morpholine rings is 1. The average Bonchev–Trinajstić information content (AvgIpc) is 3.39. The van der Waals surface area contributed by atoms with E-state index in [-0.39, 0.29) is 6.10 Å². The van der Waals surface area contributed by atoms with Crippen molar-refractivity contribution in [3.8, 4) is 16.9 Å². The van der Waals surface area contributed by atoms with Crippen LogP contribution in [0.2, 0.25) is 0 Å². The zero-order chi connectivity index (χ0) is 22.4. The molecule has 9 heteroatoms. The van der Waals surface area contributed by atoms with Crippen LogP contribution < -0.4 is 15.4 Å². The molecule has 1 unspecified atom stereocenters. The fourth-order valence-electron chi connectivity index (χ4n) is 4.76. The molecule has 2 bridgehead atoms. The molecule has 2 aliphatic rings. The molecule has 6 heterocycles. The zero-order valence-corrected chi connectivity index (χ0v) is 18.7. The number of nitrogens with one attached hydrogen (secondary N) is 2. The van der Waals surface area contributed by atoms with Gasteiger partial charge in [-0.3, -0.25) is 9.67 Å². The van der Waals surface area contributed by atoms with Crippen LogP contribution in [0, 0.1) is 6.92 Å². The quantitative estimate of drug-likeness (QED) is 0.488. The van der Waals surface area contributed by atoms with Crippen LogP contribution in [0.15, 0.2) is 48.9 Å². The van der Waals surface area contributed by atoms with Gasteiger partial charge in [-0.25, -0.2) is 4.52 Å². The van der Waals surface area contributed by atoms with Crippen LogP contribution >= 0.6 is 0 Å². The largest absolute Gasteiger partial charge is 0.488 e. The second-order valence-corrected chi connectivity index (χ2v) is 8.95. The van der Waals surface area contributed by atoms with Gasteiger partial charge in [-0.1, -0.05) is 0 Å². The number of piperidine rings is 1. The molecule has 33 heavy (non-hydrogen) atoms. The highest BCUT2D eigenvalue weighted by molar-refractivity contribution is 5.75. The molecule has 6 rings (SSSR count). The van der Waals surface area contributed by atoms with E-state index in [0.717, 1.165) is 65.8 Å². The number of rotatable bonds is 5. The van der Waals surface area contributed by atoms with E-state index in [2.05, 4.69) is 44.0 Å². The predicted octanol–water partition coefficient (Wildman–Crippen LogP) is 3.08. The smallest absolute Gasteiger partial charge is 0.154 e. The van der Waals surface area contributed by atoms with Crippen LogP contribution in [-0.4, -0.2) is 55.8 Å². The minimum Gasteiger partial charge on any atom is -0.488 e. The highest BCUT2D eigenvalue weighted by atomic mass is 16.5. The van der Waals surface area contributed by atoms with Gasteiger partial charge in [0, 0.05) is 67.8 Å². The highest BCUT2D eigenvalue weighted by Gasteiger charge is 2.33. The first kappa shape index (κ1) is 20.2. The van der Waals surface area contributed by atoms with Crippen LogP contribution in [0.1, 0.15) is 18.5 Å². The van der Waals surface area contributed by atoms with Crippen molar-refractivity contribution in [2.75, 3.05) is 18.5 Å². The monoisotopic (exact) mass is 445 g/mol. The van der Waals surface area contributed by atoms with Gasteiger partial charge in [0.05, 0.1) is 24.9 Å². The molecule has 0 amide bonds. The zero-order valence-electron chi connectivity index (χ0n) is 18.7. The number of aryl methyl sites for hydroxylation is 2. The van der Waals surface area contributed by atoms with Gasteiger partial charge in [0.2, 0.25) is 0 Å². The molecule has 9 nitrogen and oxygen atoms in total. The Bertz CT molecular complexity index is 1290. The topological polar surface area (TPSA) is 90.5 Å². The molecule has 2 fully saturated rings. The third kappa shape index (κ3) is 4.17. The first-order chi connectivity index (χ1) is 16.1. The normalized spacial score (nSPS) is 22.4. The van der Waals surface area contributed by atoms with Crippen molar-refractivity contribution in [1.29, 1.82) is 0 Å². The first-order valence-corrected chi connectivity index (χ1v) is 11.3. The summed E-state index contributed by atoms with van der Waals surface area (Å²) < 4.78 is 15.8. The molecule has 0 saturated carbocycles. The van der Waals surface area contributed by atoms with Crippen molar-refractivity contribution in [3.05, 3.63) is 54.6 Å². The van der Waals surface area contributed by atoms with Gasteiger partial charge in [-0.2, -0.15) is 10.2 Å². The van der Waals surface area contributed by atoms with Crippen molar-refractivity contribution in [1.82, 2.24) is 29.7 Å². The summed E-state index contributed by atoms with van der Waals surface area (Å²) in [6.07, 6.45) is 7.75. The highest BCUT2D eigenvalue weighted by Crippen LogP contribution is 2.34. The minimum atomic E-state index is 0.154. The molecule has 4 aromatic rings. The van der Waals surface area contributed by atoms with E-state index in [0.29, 0.717) is 12.1 Å². The Labute approximate surface area is 191 Å². The van der Waals surface area contributed by atoms with Gasteiger partial charge in [-0.05, 0) is 30.7 Å². The van der Waals surface area contributed by atoms with Gasteiger partial charge in [0.25, 0.3) is 0 Å². The van der Waals surface area contributed by atoms with E-state index >= 15 is 0 Å². The van der Waals surface area contributed by atoms with E-state index in [1.807, 2.05) is 49.2 Å². The average molecular weight is 446 g/mol. The molecule has 0 aliphatic carbocycles. The number of hydrogen-bond acceptors (Lipinski definition) is 7. The summed E-state index contributed by atoms with van der Waals surface area (Å²) in [6, 6.07) is 10.9. The molecular weight excluding hydrogens is 418 g/mol. The van der Waals surface area contributed by atoms with E-state index in [1.54, 1.807) is 4.68 Å². The van der Waals surface area contributed by atoms with E-state index in [9.17, 15) is 0 Å². The lowest BCUT2D eigenvalue weighted by Crippen LogP contribution is -2.56. The van der Waals surface area contributed by atoms with Crippen molar-refractivity contribution in [2.24, 2.45) is 7.05 Å². The van der Waals surface area contributed by atoms with Gasteiger partial charge in [0.1, 0.15) is 11.9 Å². The van der Waals surface area contributed by atoms with E-state index in [4.69, 9.17) is 9.47 Å². The van der Waals surface area contributed by atoms with Crippen LogP contribution in [0.5, 0.6) is 5.75 Å². The lowest BCUT2D eigenvalue weighted by atomic mass is 9.94. The van der Waals surface area contributed by atoms with Crippen LogP contribution in [-0.2, 0) is 11.8 Å². The minimum absolute atomic E-state index is 0.154. The molecule has 2 saturated heterocycles. The Balaban J connectivity index is 1.28. The van der Waals surface area contributed by atoms with Crippen molar-refractivity contribution in [2.45, 2.75) is 38.0 Å². The van der Waals surface area contributed by atoms with E-state index in [1.165, 1.54) is 0 Å². The summed E-state index contributed by atoms with van der Waals surface area (Å²) in [5.41, 5.74) is 4.06. The summed E-state index contributed by atoms with van der Waals surface area (Å²) in [4.78, 5) is 4.52. The van der Waals surface area contributed by atoms with Crippen molar-refractivity contribution < 1.29 is 9.47 Å². The number of ether oxygens (including phenoxy) is 2. The Morgan fingerprint density at radius 3 is 2.70 bits per heavy atom. The summed E-state index contributed by atoms with van der Waals surface area (Å²) in [6.45, 7) is 3.51. The SMILES string of the molecule is Cc1cc(-c2ccn3nc(Nc4ccn(C)n4)cc3c2)c(OC2C[C@H]3COC[C@@H](C2)N3)cn1. The number of anilines is 2. The Kier molecular flexibility index (Phi) is 5.00. The van der Waals surface area contributed by atoms with Crippen LogP contribution in [0.25, 0.3) is 16.6 Å². The van der Waals surface area contributed by atoms with Gasteiger partial charge in [-0.15, -0.1) is 0 Å². The number of nitrogens with zero attached hydrogens (tertiary/aromatic N) is 5. The molecule has 3 atom stereocenters. The summed E-state index contributed by atoms with van der Waals surface area (Å²) in [7, 11) is 1.89. The number of hydrogen-bond donors (Lipinski definition) is 2. The Morgan fingerprint density at radius 1 is 1.06 bits per heavy atom. The second-order valence-electron chi connectivity index (χ2n) is 8.95. The molecule has 0 aromatic carbocycles. The van der Waals surface area contributed by atoms with Crippen LogP contribution in [0.4, 0.5) is 11.6 Å². The maximum atomic E-state index is 6.53. The summed E-state index contributed by atoms with van der Waals surface area (Å²) in [5, 5.41) is 15.8. The van der Waals surface area contributed by atoms with Crippen molar-refractivity contribution >= 4 is 17.2 Å². The summed E-state index contributed by atoms with van der Waals surface area (Å²) >= 11 is 0. The molecular formula is C24H27N7O2. The van der Waals surface area contributed by atoms with E-state index < -0.39 is 0 Å². The lowest BCUT2D eigenvalue weighted by Gasteiger charge is -2.40. The summed E-state index contributed by atoms with van der Waals surface area (Å²) in [5.74, 6) is 2.33. The molecule has 0 radical (unpaired) electrons. The first-order valence-electron chi connectivity index (χ1n) is 11.3. The maximum absolute atomic E-state index is 6.53. The van der Waals surface area contributed by atoms with Gasteiger partial charge in [0.15, 0.2) is 11.6 Å². The molecule has 4 aromatic heterocycles. The third-order valence-electron chi connectivity index (χ3n) is 6.25. The van der Waals surface area contributed by atoms with Crippen LogP contribution in [0.3, 0.4) is 0 Å². The Morgan fingerprint density at radius 2 is 1.91 bits per heavy atom. The van der Waals surface area contributed by atoms with Gasteiger partial charge < -0.3 is 20.1 Å². The molecule has 0 spiro atoms. The molecule has 170 valence electrons. The third-order valence-corrected chi connectivity index (χ3v) is 6.25. The lowest BCUT2D eigenvalue weighted by molar-refractivity contribution is -0.0122. The fraction of sp³-hybridized carbons (Fsp3) is 0.375. The standard InChI is InChI=1S/C24H27N7O2/c1-15-7-21(22(12-25-15)33-20-9-17-13-32-14-18(10-20)26-17)16-3-6-31-19(8-16)11-24(29-31)27-23-4-5-30(2)28-23/h3-8,11-12,17-18,20,26H,9-10,13-14H2,1-2H3,(H,27,28,29)/t17-,18+,20?. The number of fused-ring (bicyclic) bond motifs is 3. The number of aromatic nitrogens is 5. The predicted molar refractivity (Wildman–Crippen MR) is 125 cm³/mol. The second kappa shape index (κ2) is 8.17. The van der Waals surface area contributed by atoms with Crippen molar-refractivity contribution in [3.63, 3.8) is 0 Å². The maximum Gasteiger partial charge on any atom is 0.154 e.